The first-order valence-corrected chi connectivity index (χ1v) is 7.51. The molecule has 1 nitrogen and oxygen atoms in total. The number of hydrogen-bond acceptors (Lipinski definition) is 2. The monoisotopic (exact) mass is 309 g/mol. The lowest BCUT2D eigenvalue weighted by molar-refractivity contribution is 1.18. The maximum atomic E-state index is 3.54. The van der Waals surface area contributed by atoms with Crippen LogP contribution in [0.25, 0.3) is 0 Å². The van der Waals surface area contributed by atoms with Crippen molar-refractivity contribution in [3.63, 3.8) is 0 Å². The van der Waals surface area contributed by atoms with Crippen molar-refractivity contribution in [2.75, 3.05) is 5.32 Å². The molecule has 2 atom stereocenters. The number of nitrogens with one attached hydrogen (secondary N) is 1. The molecule has 0 aliphatic carbocycles. The Morgan fingerprint density at radius 2 is 2.24 bits per heavy atom. The molecular weight excluding hydrogens is 294 g/mol. The van der Waals surface area contributed by atoms with Crippen LogP contribution in [-0.2, 0) is 0 Å². The molecule has 1 aromatic carbocycles. The van der Waals surface area contributed by atoms with Gasteiger partial charge in [0.25, 0.3) is 0 Å². The summed E-state index contributed by atoms with van der Waals surface area (Å²) in [5.74, 6) is 0. The third kappa shape index (κ3) is 3.17. The molecule has 3 heteroatoms. The van der Waals surface area contributed by atoms with Gasteiger partial charge < -0.3 is 5.32 Å². The van der Waals surface area contributed by atoms with Crippen LogP contribution in [0, 0.1) is 0 Å². The van der Waals surface area contributed by atoms with Gasteiger partial charge in [-0.3, -0.25) is 0 Å². The number of rotatable bonds is 3. The van der Waals surface area contributed by atoms with Gasteiger partial charge in [0, 0.05) is 15.4 Å². The maximum Gasteiger partial charge on any atom is 0.102 e. The van der Waals surface area contributed by atoms with Crippen molar-refractivity contribution in [3.05, 3.63) is 48.1 Å². The van der Waals surface area contributed by atoms with Crippen LogP contribution in [0.2, 0.25) is 0 Å². The van der Waals surface area contributed by atoms with E-state index < -0.39 is 0 Å². The molecule has 2 unspecified atom stereocenters. The van der Waals surface area contributed by atoms with Gasteiger partial charge in [-0.2, -0.15) is 0 Å². The molecule has 0 spiro atoms. The van der Waals surface area contributed by atoms with Crippen molar-refractivity contribution in [1.29, 1.82) is 0 Å². The molecular formula is C14H16BrNS. The minimum atomic E-state index is 0.333. The van der Waals surface area contributed by atoms with Crippen molar-refractivity contribution in [2.24, 2.45) is 0 Å². The predicted molar refractivity (Wildman–Crippen MR) is 81.0 cm³/mol. The maximum absolute atomic E-state index is 3.54. The van der Waals surface area contributed by atoms with Gasteiger partial charge in [0.2, 0.25) is 0 Å². The topological polar surface area (TPSA) is 12.0 Å². The number of benzene rings is 1. The highest BCUT2D eigenvalue weighted by Gasteiger charge is 2.22. The molecule has 90 valence electrons. The van der Waals surface area contributed by atoms with E-state index in [9.17, 15) is 0 Å². The normalized spacial score (nSPS) is 21.4. The van der Waals surface area contributed by atoms with Gasteiger partial charge in [-0.15, -0.1) is 0 Å². The molecule has 0 saturated heterocycles. The fraction of sp³-hybridized carbons (Fsp3) is 0.286. The Kier molecular flexibility index (Phi) is 4.35. The highest BCUT2D eigenvalue weighted by molar-refractivity contribution is 9.09. The van der Waals surface area contributed by atoms with Crippen molar-refractivity contribution in [2.45, 2.75) is 28.9 Å². The van der Waals surface area contributed by atoms with E-state index in [1.807, 2.05) is 11.8 Å². The van der Waals surface area contributed by atoms with Crippen LogP contribution in [0.4, 0.5) is 5.69 Å². The molecule has 0 aromatic heterocycles. The Bertz CT molecular complexity index is 426. The second-order valence-electron chi connectivity index (χ2n) is 3.96. The second kappa shape index (κ2) is 5.78. The van der Waals surface area contributed by atoms with Crippen LogP contribution in [0.15, 0.2) is 53.0 Å². The van der Waals surface area contributed by atoms with E-state index in [-0.39, 0.29) is 0 Å². The quantitative estimate of drug-likeness (QED) is 0.635. The fourth-order valence-corrected chi connectivity index (χ4v) is 3.07. The van der Waals surface area contributed by atoms with E-state index in [1.165, 1.54) is 16.2 Å². The number of hydrogen-bond donors (Lipinski definition) is 1. The summed E-state index contributed by atoms with van der Waals surface area (Å²) < 4.78 is 0. The van der Waals surface area contributed by atoms with Gasteiger partial charge in [-0.05, 0) is 31.6 Å². The molecule has 17 heavy (non-hydrogen) atoms. The van der Waals surface area contributed by atoms with Crippen LogP contribution < -0.4 is 5.32 Å². The summed E-state index contributed by atoms with van der Waals surface area (Å²) in [4.78, 5) is 1.74. The predicted octanol–water partition coefficient (Wildman–Crippen LogP) is 4.82. The molecule has 0 bridgehead atoms. The highest BCUT2D eigenvalue weighted by Crippen LogP contribution is 2.41. The van der Waals surface area contributed by atoms with Gasteiger partial charge in [0.05, 0.1) is 0 Å². The van der Waals surface area contributed by atoms with Crippen molar-refractivity contribution in [1.82, 2.24) is 0 Å². The molecule has 1 N–H and O–H groups in total. The van der Waals surface area contributed by atoms with Crippen LogP contribution in [0.1, 0.15) is 13.8 Å². The first-order valence-electron chi connectivity index (χ1n) is 5.71. The molecule has 0 radical (unpaired) electrons. The Morgan fingerprint density at radius 3 is 2.88 bits per heavy atom. The Balaban J connectivity index is 2.11. The molecule has 1 aliphatic heterocycles. The number of allylic oxidation sites excluding steroid dienone is 2. The summed E-state index contributed by atoms with van der Waals surface area (Å²) in [6, 6.07) is 8.45. The van der Waals surface area contributed by atoms with Crippen LogP contribution in [-0.4, -0.2) is 10.2 Å². The summed E-state index contributed by atoms with van der Waals surface area (Å²) in [7, 11) is 0. The molecule has 0 fully saturated rings. The molecule has 1 aliphatic rings. The minimum absolute atomic E-state index is 0.333. The zero-order chi connectivity index (χ0) is 12.3. The lowest BCUT2D eigenvalue weighted by Crippen LogP contribution is -2.12. The van der Waals surface area contributed by atoms with Crippen molar-refractivity contribution >= 4 is 33.4 Å². The first-order chi connectivity index (χ1) is 8.20. The molecule has 0 saturated carbocycles. The Morgan fingerprint density at radius 1 is 1.47 bits per heavy atom. The standard InChI is InChI=1S/C14H16BrNS/c1-3-11(9-8-10(2)15)14-16-12-6-4-5-7-13(12)17-14/h3-10,14,16H,1-2H3/b9-8-,11-3+. The number of thioether (sulfide) groups is 1. The van der Waals surface area contributed by atoms with Gasteiger partial charge in [-0.1, -0.05) is 58.1 Å². The van der Waals surface area contributed by atoms with E-state index >= 15 is 0 Å². The lowest BCUT2D eigenvalue weighted by atomic mass is 10.2. The molecule has 1 aromatic rings. The third-order valence-corrected chi connectivity index (χ3v) is 4.15. The zero-order valence-electron chi connectivity index (χ0n) is 9.98. The summed E-state index contributed by atoms with van der Waals surface area (Å²) in [5, 5.41) is 3.87. The van der Waals surface area contributed by atoms with E-state index in [4.69, 9.17) is 0 Å². The first kappa shape index (κ1) is 12.8. The van der Waals surface area contributed by atoms with E-state index in [2.05, 4.69) is 77.6 Å². The zero-order valence-corrected chi connectivity index (χ0v) is 12.4. The molecule has 0 amide bonds. The van der Waals surface area contributed by atoms with Gasteiger partial charge >= 0.3 is 0 Å². The van der Waals surface area contributed by atoms with Gasteiger partial charge in [-0.25, -0.2) is 0 Å². The smallest absolute Gasteiger partial charge is 0.102 e. The number of para-hydroxylation sites is 1. The average Bonchev–Trinajstić information content (AvgIpc) is 2.72. The van der Waals surface area contributed by atoms with Gasteiger partial charge in [0.15, 0.2) is 0 Å². The Hall–Kier alpha value is -0.670. The summed E-state index contributed by atoms with van der Waals surface area (Å²) in [6.07, 6.45) is 6.53. The van der Waals surface area contributed by atoms with E-state index in [0.29, 0.717) is 10.2 Å². The summed E-state index contributed by atoms with van der Waals surface area (Å²) >= 11 is 5.40. The van der Waals surface area contributed by atoms with E-state index in [1.54, 1.807) is 0 Å². The number of anilines is 1. The third-order valence-electron chi connectivity index (χ3n) is 2.61. The van der Waals surface area contributed by atoms with Crippen molar-refractivity contribution < 1.29 is 0 Å². The second-order valence-corrected chi connectivity index (χ2v) is 6.55. The molecule has 2 rings (SSSR count). The SMILES string of the molecule is C/C=C(\C=C/C(C)Br)C1Nc2ccccc2S1. The number of halogens is 1. The van der Waals surface area contributed by atoms with Crippen molar-refractivity contribution in [3.8, 4) is 0 Å². The molecule has 1 heterocycles. The Labute approximate surface area is 116 Å². The van der Waals surface area contributed by atoms with Crippen LogP contribution in [0.3, 0.4) is 0 Å². The van der Waals surface area contributed by atoms with E-state index in [0.717, 1.165) is 0 Å². The highest BCUT2D eigenvalue weighted by atomic mass is 79.9. The van der Waals surface area contributed by atoms with Gasteiger partial charge in [0.1, 0.15) is 5.37 Å². The summed E-state index contributed by atoms with van der Waals surface area (Å²) in [5.41, 5.74) is 2.56. The largest absolute Gasteiger partial charge is 0.368 e. The lowest BCUT2D eigenvalue weighted by Gasteiger charge is -2.11. The number of alkyl halides is 1. The van der Waals surface area contributed by atoms with Crippen LogP contribution in [0.5, 0.6) is 0 Å². The number of fused-ring (bicyclic) bond motifs is 1. The van der Waals surface area contributed by atoms with Crippen LogP contribution >= 0.6 is 27.7 Å². The average molecular weight is 310 g/mol. The summed E-state index contributed by atoms with van der Waals surface area (Å²) in [6.45, 7) is 4.21. The minimum Gasteiger partial charge on any atom is -0.368 e. The fourth-order valence-electron chi connectivity index (χ4n) is 1.72.